The predicted molar refractivity (Wildman–Crippen MR) is 74.3 cm³/mol. The molecule has 2 amide bonds. The predicted octanol–water partition coefficient (Wildman–Crippen LogP) is 2.92. The van der Waals surface area contributed by atoms with Crippen LogP contribution in [-0.4, -0.2) is 18.5 Å². The highest BCUT2D eigenvalue weighted by molar-refractivity contribution is 5.88. The summed E-state index contributed by atoms with van der Waals surface area (Å²) in [5, 5.41) is 5.32. The Morgan fingerprint density at radius 2 is 1.84 bits per heavy atom. The Labute approximate surface area is 113 Å². The Morgan fingerprint density at radius 3 is 2.42 bits per heavy atom. The molecule has 0 fully saturated rings. The molecule has 5 heteroatoms. The molecule has 0 unspecified atom stereocenters. The minimum Gasteiger partial charge on any atom is -0.410 e. The summed E-state index contributed by atoms with van der Waals surface area (Å²) in [6.07, 6.45) is 2.70. The van der Waals surface area contributed by atoms with Crippen molar-refractivity contribution in [3.63, 3.8) is 0 Å². The van der Waals surface area contributed by atoms with E-state index in [1.165, 1.54) is 6.92 Å². The summed E-state index contributed by atoms with van der Waals surface area (Å²) in [7, 11) is 0. The van der Waals surface area contributed by atoms with Gasteiger partial charge in [0.05, 0.1) is 0 Å². The van der Waals surface area contributed by atoms with Crippen LogP contribution in [0.2, 0.25) is 0 Å². The normalized spacial score (nSPS) is 9.79. The van der Waals surface area contributed by atoms with E-state index >= 15 is 0 Å². The van der Waals surface area contributed by atoms with Gasteiger partial charge in [-0.05, 0) is 30.7 Å². The van der Waals surface area contributed by atoms with E-state index in [1.807, 2.05) is 0 Å². The molecule has 0 atom stereocenters. The van der Waals surface area contributed by atoms with Gasteiger partial charge in [0.1, 0.15) is 5.75 Å². The van der Waals surface area contributed by atoms with Gasteiger partial charge in [0.25, 0.3) is 0 Å². The van der Waals surface area contributed by atoms with Crippen molar-refractivity contribution in [1.29, 1.82) is 0 Å². The van der Waals surface area contributed by atoms with Crippen molar-refractivity contribution in [3.8, 4) is 5.75 Å². The minimum atomic E-state index is -0.455. The highest BCUT2D eigenvalue weighted by atomic mass is 16.6. The summed E-state index contributed by atoms with van der Waals surface area (Å²) in [5.74, 6) is 0.310. The second-order valence-electron chi connectivity index (χ2n) is 4.23. The SMILES string of the molecule is CCCCCNC(=O)Oc1ccc(NC(C)=O)cc1. The molecular weight excluding hydrogens is 244 g/mol. The van der Waals surface area contributed by atoms with Crippen LogP contribution in [0.25, 0.3) is 0 Å². The van der Waals surface area contributed by atoms with E-state index in [9.17, 15) is 9.59 Å². The second kappa shape index (κ2) is 8.13. The molecule has 0 spiro atoms. The monoisotopic (exact) mass is 264 g/mol. The number of hydrogen-bond acceptors (Lipinski definition) is 3. The molecule has 0 heterocycles. The number of carbonyl (C=O) groups excluding carboxylic acids is 2. The lowest BCUT2D eigenvalue weighted by Crippen LogP contribution is -2.27. The first-order valence-corrected chi connectivity index (χ1v) is 6.45. The number of hydrogen-bond donors (Lipinski definition) is 2. The number of benzene rings is 1. The molecule has 0 bridgehead atoms. The zero-order chi connectivity index (χ0) is 14.1. The van der Waals surface area contributed by atoms with Crippen LogP contribution in [0.1, 0.15) is 33.1 Å². The summed E-state index contributed by atoms with van der Waals surface area (Å²) >= 11 is 0. The molecule has 0 aliphatic rings. The largest absolute Gasteiger partial charge is 0.412 e. The van der Waals surface area contributed by atoms with Crippen LogP contribution in [-0.2, 0) is 4.79 Å². The second-order valence-corrected chi connectivity index (χ2v) is 4.23. The fourth-order valence-corrected chi connectivity index (χ4v) is 1.52. The molecular formula is C14H20N2O3. The number of anilines is 1. The maximum absolute atomic E-state index is 11.4. The van der Waals surface area contributed by atoms with E-state index in [-0.39, 0.29) is 5.91 Å². The Morgan fingerprint density at radius 1 is 1.16 bits per heavy atom. The molecule has 19 heavy (non-hydrogen) atoms. The quantitative estimate of drug-likeness (QED) is 0.776. The molecule has 1 aromatic carbocycles. The zero-order valence-electron chi connectivity index (χ0n) is 11.4. The van der Waals surface area contributed by atoms with Crippen molar-refractivity contribution < 1.29 is 14.3 Å². The first-order chi connectivity index (χ1) is 9.11. The van der Waals surface area contributed by atoms with Gasteiger partial charge in [0, 0.05) is 19.2 Å². The van der Waals surface area contributed by atoms with Gasteiger partial charge in [-0.1, -0.05) is 19.8 Å². The van der Waals surface area contributed by atoms with Crippen molar-refractivity contribution in [2.45, 2.75) is 33.1 Å². The van der Waals surface area contributed by atoms with Crippen molar-refractivity contribution in [1.82, 2.24) is 5.32 Å². The summed E-state index contributed by atoms with van der Waals surface area (Å²) in [6, 6.07) is 6.63. The molecule has 1 aromatic rings. The summed E-state index contributed by atoms with van der Waals surface area (Å²) in [4.78, 5) is 22.3. The third-order valence-corrected chi connectivity index (χ3v) is 2.43. The third kappa shape index (κ3) is 6.45. The van der Waals surface area contributed by atoms with Gasteiger partial charge in [-0.3, -0.25) is 4.79 Å². The molecule has 1 rings (SSSR count). The van der Waals surface area contributed by atoms with Crippen LogP contribution in [0, 0.1) is 0 Å². The van der Waals surface area contributed by atoms with E-state index in [2.05, 4.69) is 17.6 Å². The Bertz CT molecular complexity index is 415. The lowest BCUT2D eigenvalue weighted by atomic mass is 10.2. The van der Waals surface area contributed by atoms with E-state index in [0.29, 0.717) is 18.0 Å². The molecule has 0 saturated carbocycles. The summed E-state index contributed by atoms with van der Waals surface area (Å²) in [5.41, 5.74) is 0.670. The van der Waals surface area contributed by atoms with Crippen molar-refractivity contribution in [2.75, 3.05) is 11.9 Å². The molecule has 2 N–H and O–H groups in total. The number of rotatable bonds is 6. The van der Waals surface area contributed by atoms with E-state index < -0.39 is 6.09 Å². The Kier molecular flexibility index (Phi) is 6.43. The molecule has 0 saturated heterocycles. The van der Waals surface area contributed by atoms with Crippen LogP contribution < -0.4 is 15.4 Å². The van der Waals surface area contributed by atoms with E-state index in [4.69, 9.17) is 4.74 Å². The van der Waals surface area contributed by atoms with Gasteiger partial charge in [-0.25, -0.2) is 4.79 Å². The fourth-order valence-electron chi connectivity index (χ4n) is 1.52. The van der Waals surface area contributed by atoms with Gasteiger partial charge in [-0.2, -0.15) is 0 Å². The third-order valence-electron chi connectivity index (χ3n) is 2.43. The maximum atomic E-state index is 11.4. The van der Waals surface area contributed by atoms with Crippen LogP contribution >= 0.6 is 0 Å². The standard InChI is InChI=1S/C14H20N2O3/c1-3-4-5-10-15-14(18)19-13-8-6-12(7-9-13)16-11(2)17/h6-9H,3-5,10H2,1-2H3,(H,15,18)(H,16,17). The van der Waals surface area contributed by atoms with Crippen molar-refractivity contribution in [2.24, 2.45) is 0 Å². The lowest BCUT2D eigenvalue weighted by Gasteiger charge is -2.07. The Balaban J connectivity index is 2.36. The van der Waals surface area contributed by atoms with Gasteiger partial charge in [0.2, 0.25) is 5.91 Å². The highest BCUT2D eigenvalue weighted by Crippen LogP contribution is 2.15. The molecule has 0 aliphatic heterocycles. The van der Waals surface area contributed by atoms with Gasteiger partial charge in [-0.15, -0.1) is 0 Å². The maximum Gasteiger partial charge on any atom is 0.412 e. The summed E-state index contributed by atoms with van der Waals surface area (Å²) < 4.78 is 5.09. The summed E-state index contributed by atoms with van der Waals surface area (Å²) in [6.45, 7) is 4.17. The van der Waals surface area contributed by atoms with Crippen LogP contribution in [0.3, 0.4) is 0 Å². The molecule has 0 aromatic heterocycles. The van der Waals surface area contributed by atoms with Crippen molar-refractivity contribution in [3.05, 3.63) is 24.3 Å². The number of carbonyl (C=O) groups is 2. The van der Waals surface area contributed by atoms with E-state index in [1.54, 1.807) is 24.3 Å². The van der Waals surface area contributed by atoms with Crippen LogP contribution in [0.15, 0.2) is 24.3 Å². The van der Waals surface area contributed by atoms with Crippen LogP contribution in [0.4, 0.5) is 10.5 Å². The van der Waals surface area contributed by atoms with E-state index in [0.717, 1.165) is 19.3 Å². The van der Waals surface area contributed by atoms with Gasteiger partial charge >= 0.3 is 6.09 Å². The highest BCUT2D eigenvalue weighted by Gasteiger charge is 2.03. The number of unbranched alkanes of at least 4 members (excludes halogenated alkanes) is 2. The Hall–Kier alpha value is -2.04. The minimum absolute atomic E-state index is 0.137. The number of nitrogens with one attached hydrogen (secondary N) is 2. The fraction of sp³-hybridized carbons (Fsp3) is 0.429. The average molecular weight is 264 g/mol. The molecule has 5 nitrogen and oxygen atoms in total. The number of amides is 2. The van der Waals surface area contributed by atoms with Crippen LogP contribution in [0.5, 0.6) is 5.75 Å². The molecule has 104 valence electrons. The first kappa shape index (κ1) is 15.0. The number of ether oxygens (including phenoxy) is 1. The first-order valence-electron chi connectivity index (χ1n) is 6.45. The average Bonchev–Trinajstić information content (AvgIpc) is 2.36. The molecule has 0 radical (unpaired) electrons. The zero-order valence-corrected chi connectivity index (χ0v) is 11.4. The van der Waals surface area contributed by atoms with Crippen molar-refractivity contribution >= 4 is 17.7 Å². The topological polar surface area (TPSA) is 67.4 Å². The van der Waals surface area contributed by atoms with Gasteiger partial charge < -0.3 is 15.4 Å². The van der Waals surface area contributed by atoms with Gasteiger partial charge in [0.15, 0.2) is 0 Å². The molecule has 0 aliphatic carbocycles. The lowest BCUT2D eigenvalue weighted by molar-refractivity contribution is -0.114. The smallest absolute Gasteiger partial charge is 0.410 e.